The number of carbonyl (C=O) groups excluding carboxylic acids is 1. The van der Waals surface area contributed by atoms with Crippen molar-refractivity contribution in [3.8, 4) is 11.4 Å². The molecule has 0 aliphatic heterocycles. The lowest BCUT2D eigenvalue weighted by Crippen LogP contribution is -2.24. The van der Waals surface area contributed by atoms with Crippen molar-refractivity contribution in [1.82, 2.24) is 30.5 Å². The Morgan fingerprint density at radius 3 is 2.62 bits per heavy atom. The van der Waals surface area contributed by atoms with Crippen LogP contribution in [0.1, 0.15) is 53.0 Å². The standard InChI is InChI=1S/C24H28N6O4/c1-15-9-20(11-21(26-15)23(32)25-12-17-3-2-4-18(10-17)14-31)22-27-29-30(28-22)13-16-5-7-19(8-6-16)24(33)34/h2-4,9-11,16,19,31H,5-8,12-14H2,1H3,(H,25,32)(H,33,34). The second-order valence-electron chi connectivity index (χ2n) is 8.77. The number of aliphatic hydroxyl groups is 1. The molecule has 0 radical (unpaired) electrons. The van der Waals surface area contributed by atoms with Gasteiger partial charge in [0.25, 0.3) is 5.91 Å². The number of aliphatic hydroxyl groups excluding tert-OH is 1. The van der Waals surface area contributed by atoms with Crippen LogP contribution < -0.4 is 5.32 Å². The van der Waals surface area contributed by atoms with Crippen LogP contribution in [0.25, 0.3) is 11.4 Å². The van der Waals surface area contributed by atoms with Gasteiger partial charge in [-0.1, -0.05) is 24.3 Å². The van der Waals surface area contributed by atoms with E-state index in [0.717, 1.165) is 24.0 Å². The highest BCUT2D eigenvalue weighted by Crippen LogP contribution is 2.29. The van der Waals surface area contributed by atoms with E-state index in [1.807, 2.05) is 24.3 Å². The van der Waals surface area contributed by atoms with Crippen molar-refractivity contribution in [3.63, 3.8) is 0 Å². The van der Waals surface area contributed by atoms with E-state index in [1.54, 1.807) is 23.9 Å². The molecule has 1 aromatic carbocycles. The summed E-state index contributed by atoms with van der Waals surface area (Å²) in [5.41, 5.74) is 3.24. The first-order chi connectivity index (χ1) is 16.4. The van der Waals surface area contributed by atoms with Crippen molar-refractivity contribution in [3.05, 3.63) is 58.9 Å². The number of hydrogen-bond acceptors (Lipinski definition) is 7. The summed E-state index contributed by atoms with van der Waals surface area (Å²) in [6.45, 7) is 2.65. The summed E-state index contributed by atoms with van der Waals surface area (Å²) in [6, 6.07) is 10.8. The number of tetrazole rings is 1. The first kappa shape index (κ1) is 23.5. The Morgan fingerprint density at radius 2 is 1.88 bits per heavy atom. The third-order valence-electron chi connectivity index (χ3n) is 6.14. The van der Waals surface area contributed by atoms with Crippen LogP contribution in [0.15, 0.2) is 36.4 Å². The van der Waals surface area contributed by atoms with E-state index >= 15 is 0 Å². The fourth-order valence-corrected chi connectivity index (χ4v) is 4.28. The van der Waals surface area contributed by atoms with Gasteiger partial charge in [0.2, 0.25) is 5.82 Å². The van der Waals surface area contributed by atoms with Crippen LogP contribution in [-0.4, -0.2) is 47.3 Å². The normalized spacial score (nSPS) is 17.9. The van der Waals surface area contributed by atoms with Crippen molar-refractivity contribution >= 4 is 11.9 Å². The molecule has 0 atom stereocenters. The molecule has 1 aliphatic carbocycles. The Morgan fingerprint density at radius 1 is 1.12 bits per heavy atom. The number of amides is 1. The first-order valence-electron chi connectivity index (χ1n) is 11.4. The zero-order valence-corrected chi connectivity index (χ0v) is 19.0. The fourth-order valence-electron chi connectivity index (χ4n) is 4.28. The molecule has 178 valence electrons. The number of carboxylic acid groups (broad SMARTS) is 1. The highest BCUT2D eigenvalue weighted by atomic mass is 16.4. The first-order valence-corrected chi connectivity index (χ1v) is 11.4. The number of hydrogen-bond donors (Lipinski definition) is 3. The number of rotatable bonds is 8. The van der Waals surface area contributed by atoms with E-state index in [4.69, 9.17) is 5.11 Å². The molecule has 1 aliphatic rings. The van der Waals surface area contributed by atoms with Gasteiger partial charge < -0.3 is 15.5 Å². The lowest BCUT2D eigenvalue weighted by Gasteiger charge is -2.25. The minimum absolute atomic E-state index is 0.0537. The number of aryl methyl sites for hydroxylation is 1. The summed E-state index contributed by atoms with van der Waals surface area (Å²) in [5.74, 6) is -0.552. The maximum Gasteiger partial charge on any atom is 0.306 e. The number of carbonyl (C=O) groups is 2. The smallest absolute Gasteiger partial charge is 0.306 e. The maximum absolute atomic E-state index is 12.7. The van der Waals surface area contributed by atoms with Crippen LogP contribution in [0, 0.1) is 18.8 Å². The van der Waals surface area contributed by atoms with Gasteiger partial charge in [-0.05, 0) is 67.0 Å². The van der Waals surface area contributed by atoms with E-state index < -0.39 is 5.97 Å². The number of benzene rings is 1. The quantitative estimate of drug-likeness (QED) is 0.461. The van der Waals surface area contributed by atoms with Crippen molar-refractivity contribution in [2.45, 2.75) is 52.3 Å². The number of carboxylic acids is 1. The van der Waals surface area contributed by atoms with E-state index in [1.165, 1.54) is 0 Å². The molecule has 1 fully saturated rings. The molecular weight excluding hydrogens is 436 g/mol. The predicted molar refractivity (Wildman–Crippen MR) is 122 cm³/mol. The summed E-state index contributed by atoms with van der Waals surface area (Å²) < 4.78 is 0. The zero-order valence-electron chi connectivity index (χ0n) is 19.0. The van der Waals surface area contributed by atoms with Crippen LogP contribution in [0.3, 0.4) is 0 Å². The molecule has 0 bridgehead atoms. The van der Waals surface area contributed by atoms with Gasteiger partial charge in [-0.2, -0.15) is 4.80 Å². The molecule has 2 aromatic heterocycles. The zero-order chi connectivity index (χ0) is 24.1. The topological polar surface area (TPSA) is 143 Å². The highest BCUT2D eigenvalue weighted by molar-refractivity contribution is 5.93. The third-order valence-corrected chi connectivity index (χ3v) is 6.14. The summed E-state index contributed by atoms with van der Waals surface area (Å²) in [6.07, 6.45) is 3.00. The molecule has 10 heteroatoms. The Balaban J connectivity index is 1.40. The number of nitrogens with one attached hydrogen (secondary N) is 1. The highest BCUT2D eigenvalue weighted by Gasteiger charge is 2.26. The summed E-state index contributed by atoms with van der Waals surface area (Å²) in [5, 5.41) is 34.1. The Kier molecular flexibility index (Phi) is 7.27. The second kappa shape index (κ2) is 10.5. The Labute approximate surface area is 197 Å². The lowest BCUT2D eigenvalue weighted by molar-refractivity contribution is -0.143. The van der Waals surface area contributed by atoms with E-state index in [2.05, 4.69) is 25.7 Å². The van der Waals surface area contributed by atoms with Crippen LogP contribution in [0.4, 0.5) is 0 Å². The molecule has 3 N–H and O–H groups in total. The van der Waals surface area contributed by atoms with E-state index in [9.17, 15) is 14.7 Å². The minimum Gasteiger partial charge on any atom is -0.481 e. The van der Waals surface area contributed by atoms with Gasteiger partial charge in [-0.3, -0.25) is 9.59 Å². The SMILES string of the molecule is Cc1cc(-c2nnn(CC3CCC(C(=O)O)CC3)n2)cc(C(=O)NCc2cccc(CO)c2)n1. The van der Waals surface area contributed by atoms with Crippen molar-refractivity contribution < 1.29 is 19.8 Å². The summed E-state index contributed by atoms with van der Waals surface area (Å²) in [7, 11) is 0. The lowest BCUT2D eigenvalue weighted by atomic mass is 9.82. The van der Waals surface area contributed by atoms with Gasteiger partial charge in [-0.25, -0.2) is 4.98 Å². The number of aromatic nitrogens is 5. The van der Waals surface area contributed by atoms with E-state index in [-0.39, 0.29) is 24.1 Å². The molecule has 34 heavy (non-hydrogen) atoms. The van der Waals surface area contributed by atoms with Crippen LogP contribution in [0.2, 0.25) is 0 Å². The van der Waals surface area contributed by atoms with Gasteiger partial charge in [0.15, 0.2) is 0 Å². The minimum atomic E-state index is -0.716. The summed E-state index contributed by atoms with van der Waals surface area (Å²) in [4.78, 5) is 29.8. The van der Waals surface area contributed by atoms with Crippen molar-refractivity contribution in [2.24, 2.45) is 11.8 Å². The molecule has 0 saturated heterocycles. The second-order valence-corrected chi connectivity index (χ2v) is 8.77. The van der Waals surface area contributed by atoms with Gasteiger partial charge in [0, 0.05) is 17.8 Å². The van der Waals surface area contributed by atoms with Gasteiger partial charge in [0.1, 0.15) is 5.69 Å². The predicted octanol–water partition coefficient (Wildman–Crippen LogP) is 2.36. The third kappa shape index (κ3) is 5.82. The molecular formula is C24H28N6O4. The molecule has 2 heterocycles. The van der Waals surface area contributed by atoms with Crippen LogP contribution in [0.5, 0.6) is 0 Å². The molecule has 1 saturated carbocycles. The Hall–Kier alpha value is -3.66. The average molecular weight is 465 g/mol. The van der Waals surface area contributed by atoms with Crippen molar-refractivity contribution in [2.75, 3.05) is 0 Å². The average Bonchev–Trinajstić information content (AvgIpc) is 3.31. The number of pyridine rings is 1. The van der Waals surface area contributed by atoms with Gasteiger partial charge >= 0.3 is 5.97 Å². The molecule has 1 amide bonds. The summed E-state index contributed by atoms with van der Waals surface area (Å²) >= 11 is 0. The van der Waals surface area contributed by atoms with Gasteiger partial charge in [-0.15, -0.1) is 10.2 Å². The monoisotopic (exact) mass is 464 g/mol. The number of aliphatic carboxylic acids is 1. The molecule has 0 spiro atoms. The largest absolute Gasteiger partial charge is 0.481 e. The van der Waals surface area contributed by atoms with Crippen LogP contribution in [-0.2, 0) is 24.5 Å². The molecule has 10 nitrogen and oxygen atoms in total. The fraction of sp³-hybridized carbons (Fsp3) is 0.417. The molecule has 0 unspecified atom stereocenters. The van der Waals surface area contributed by atoms with Gasteiger partial charge in [0.05, 0.1) is 19.1 Å². The molecule has 3 aromatic rings. The van der Waals surface area contributed by atoms with Crippen LogP contribution >= 0.6 is 0 Å². The van der Waals surface area contributed by atoms with E-state index in [0.29, 0.717) is 48.9 Å². The van der Waals surface area contributed by atoms with Crippen molar-refractivity contribution in [1.29, 1.82) is 0 Å². The Bertz CT molecular complexity index is 1170. The molecule has 4 rings (SSSR count). The maximum atomic E-state index is 12.7. The number of nitrogens with zero attached hydrogens (tertiary/aromatic N) is 5.